The van der Waals surface area contributed by atoms with Gasteiger partial charge in [0.15, 0.2) is 0 Å². The maximum atomic E-state index is 13.3. The van der Waals surface area contributed by atoms with Gasteiger partial charge in [0.25, 0.3) is 0 Å². The van der Waals surface area contributed by atoms with Gasteiger partial charge in [0.05, 0.1) is 13.2 Å². The van der Waals surface area contributed by atoms with E-state index in [4.69, 9.17) is 10.5 Å². The van der Waals surface area contributed by atoms with Crippen molar-refractivity contribution in [1.29, 1.82) is 0 Å². The van der Waals surface area contributed by atoms with Crippen LogP contribution in [0.1, 0.15) is 36.4 Å². The zero-order chi connectivity index (χ0) is 18.5. The monoisotopic (exact) mass is 392 g/mol. The molecule has 0 aliphatic heterocycles. The minimum Gasteiger partial charge on any atom is -0.497 e. The largest absolute Gasteiger partial charge is 0.497 e. The maximum Gasteiger partial charge on any atom is 0.224 e. The van der Waals surface area contributed by atoms with Crippen LogP contribution in [-0.2, 0) is 4.79 Å². The Morgan fingerprint density at radius 1 is 1.15 bits per heavy atom. The van der Waals surface area contributed by atoms with Crippen LogP contribution in [-0.4, -0.2) is 19.6 Å². The molecule has 0 radical (unpaired) electrons. The normalized spacial score (nSPS) is 19.8. The van der Waals surface area contributed by atoms with Crippen LogP contribution in [0.15, 0.2) is 48.5 Å². The molecule has 0 aromatic heterocycles. The molecule has 6 heteroatoms. The molecule has 1 fully saturated rings. The summed E-state index contributed by atoms with van der Waals surface area (Å²) >= 11 is 0. The Hall–Kier alpha value is -2.11. The highest BCUT2D eigenvalue weighted by atomic mass is 35.5. The number of nitrogens with one attached hydrogen (secondary N) is 1. The van der Waals surface area contributed by atoms with Gasteiger partial charge in [-0.1, -0.05) is 30.7 Å². The summed E-state index contributed by atoms with van der Waals surface area (Å²) in [5, 5.41) is 3.16. The standard InChI is InChI=1S/C21H25FN2O2.ClH/c1-26-18-11-7-15(8-12-18)20(14-5-9-17(22)10-6-14)24-21(25)19-4-2-3-16(19)13-23;/h5-12,16,19-20H,2-4,13,23H2,1H3,(H,24,25);1H/t16-,19-,20?;/m1./s1. The van der Waals surface area contributed by atoms with Crippen molar-refractivity contribution in [3.8, 4) is 5.75 Å². The molecule has 4 nitrogen and oxygen atoms in total. The molecule has 27 heavy (non-hydrogen) atoms. The van der Waals surface area contributed by atoms with Crippen LogP contribution in [0.5, 0.6) is 5.75 Å². The highest BCUT2D eigenvalue weighted by Gasteiger charge is 2.33. The SMILES string of the molecule is COc1ccc(C(NC(=O)[C@@H]2CCC[C@@H]2CN)c2ccc(F)cc2)cc1.Cl. The van der Waals surface area contributed by atoms with Gasteiger partial charge in [-0.15, -0.1) is 12.4 Å². The second kappa shape index (κ2) is 9.72. The lowest BCUT2D eigenvalue weighted by Gasteiger charge is -2.24. The van der Waals surface area contributed by atoms with Gasteiger partial charge < -0.3 is 15.8 Å². The van der Waals surface area contributed by atoms with Gasteiger partial charge in [-0.05, 0) is 60.7 Å². The molecule has 2 aromatic rings. The molecule has 146 valence electrons. The molecule has 0 bridgehead atoms. The van der Waals surface area contributed by atoms with E-state index in [1.807, 2.05) is 24.3 Å². The molecule has 1 saturated carbocycles. The number of benzene rings is 2. The quantitative estimate of drug-likeness (QED) is 0.785. The van der Waals surface area contributed by atoms with E-state index >= 15 is 0 Å². The van der Waals surface area contributed by atoms with Crippen molar-refractivity contribution in [3.63, 3.8) is 0 Å². The number of hydrogen-bond acceptors (Lipinski definition) is 3. The molecule has 0 heterocycles. The number of hydrogen-bond donors (Lipinski definition) is 2. The molecule has 0 saturated heterocycles. The first kappa shape index (κ1) is 21.2. The lowest BCUT2D eigenvalue weighted by atomic mass is 9.93. The number of halogens is 2. The summed E-state index contributed by atoms with van der Waals surface area (Å²) in [5.74, 6) is 0.647. The number of ether oxygens (including phenoxy) is 1. The van der Waals surface area contributed by atoms with Gasteiger partial charge in [0.2, 0.25) is 5.91 Å². The Balaban J connectivity index is 0.00000261. The number of carbonyl (C=O) groups excluding carboxylic acids is 1. The first-order chi connectivity index (χ1) is 12.6. The fraction of sp³-hybridized carbons (Fsp3) is 0.381. The number of carbonyl (C=O) groups is 1. The zero-order valence-corrected chi connectivity index (χ0v) is 16.2. The first-order valence-corrected chi connectivity index (χ1v) is 9.02. The number of nitrogens with two attached hydrogens (primary N) is 1. The molecule has 1 amide bonds. The van der Waals surface area contributed by atoms with E-state index in [0.717, 1.165) is 36.1 Å². The Kier molecular flexibility index (Phi) is 7.63. The fourth-order valence-electron chi connectivity index (χ4n) is 3.72. The van der Waals surface area contributed by atoms with E-state index in [9.17, 15) is 9.18 Å². The summed E-state index contributed by atoms with van der Waals surface area (Å²) in [6.07, 6.45) is 2.90. The summed E-state index contributed by atoms with van der Waals surface area (Å²) in [6.45, 7) is 0.530. The van der Waals surface area contributed by atoms with Crippen LogP contribution < -0.4 is 15.8 Å². The zero-order valence-electron chi connectivity index (χ0n) is 15.4. The molecular weight excluding hydrogens is 367 g/mol. The van der Waals surface area contributed by atoms with Crippen LogP contribution in [0.25, 0.3) is 0 Å². The van der Waals surface area contributed by atoms with Crippen molar-refractivity contribution < 1.29 is 13.9 Å². The van der Waals surface area contributed by atoms with Crippen LogP contribution in [0.4, 0.5) is 4.39 Å². The van der Waals surface area contributed by atoms with Crippen molar-refractivity contribution in [2.24, 2.45) is 17.6 Å². The van der Waals surface area contributed by atoms with E-state index in [2.05, 4.69) is 5.32 Å². The summed E-state index contributed by atoms with van der Waals surface area (Å²) in [4.78, 5) is 12.9. The highest BCUT2D eigenvalue weighted by Crippen LogP contribution is 2.32. The van der Waals surface area contributed by atoms with Crippen LogP contribution in [0, 0.1) is 17.7 Å². The first-order valence-electron chi connectivity index (χ1n) is 9.02. The van der Waals surface area contributed by atoms with Gasteiger partial charge in [0, 0.05) is 5.92 Å². The van der Waals surface area contributed by atoms with E-state index in [1.165, 1.54) is 12.1 Å². The van der Waals surface area contributed by atoms with Gasteiger partial charge in [0.1, 0.15) is 11.6 Å². The molecule has 1 unspecified atom stereocenters. The Bertz CT molecular complexity index is 737. The highest BCUT2D eigenvalue weighted by molar-refractivity contribution is 5.85. The Morgan fingerprint density at radius 2 is 1.74 bits per heavy atom. The molecular formula is C21H26ClFN2O2. The molecule has 0 spiro atoms. The summed E-state index contributed by atoms with van der Waals surface area (Å²) < 4.78 is 18.5. The van der Waals surface area contributed by atoms with E-state index in [1.54, 1.807) is 19.2 Å². The molecule has 3 rings (SSSR count). The molecule has 3 atom stereocenters. The molecule has 1 aliphatic rings. The van der Waals surface area contributed by atoms with Gasteiger partial charge >= 0.3 is 0 Å². The Morgan fingerprint density at radius 3 is 2.30 bits per heavy atom. The maximum absolute atomic E-state index is 13.3. The van der Waals surface area contributed by atoms with Crippen molar-refractivity contribution in [1.82, 2.24) is 5.32 Å². The number of rotatable bonds is 6. The van der Waals surface area contributed by atoms with E-state index in [0.29, 0.717) is 6.54 Å². The summed E-state index contributed by atoms with van der Waals surface area (Å²) in [5.41, 5.74) is 7.59. The third-order valence-corrected chi connectivity index (χ3v) is 5.24. The fourth-order valence-corrected chi connectivity index (χ4v) is 3.72. The topological polar surface area (TPSA) is 64.3 Å². The van der Waals surface area contributed by atoms with Crippen molar-refractivity contribution >= 4 is 18.3 Å². The van der Waals surface area contributed by atoms with Crippen molar-refractivity contribution in [2.45, 2.75) is 25.3 Å². The summed E-state index contributed by atoms with van der Waals surface area (Å²) in [7, 11) is 1.61. The minimum absolute atomic E-state index is 0. The number of methoxy groups -OCH3 is 1. The summed E-state index contributed by atoms with van der Waals surface area (Å²) in [6, 6.07) is 13.5. The van der Waals surface area contributed by atoms with E-state index in [-0.39, 0.29) is 42.0 Å². The Labute approximate surface area is 165 Å². The van der Waals surface area contributed by atoms with E-state index < -0.39 is 0 Å². The average Bonchev–Trinajstić information content (AvgIpc) is 3.16. The second-order valence-electron chi connectivity index (χ2n) is 6.80. The van der Waals surface area contributed by atoms with Crippen LogP contribution in [0.2, 0.25) is 0 Å². The third-order valence-electron chi connectivity index (χ3n) is 5.24. The lowest BCUT2D eigenvalue weighted by molar-refractivity contribution is -0.126. The van der Waals surface area contributed by atoms with Crippen LogP contribution in [0.3, 0.4) is 0 Å². The molecule has 2 aromatic carbocycles. The van der Waals surface area contributed by atoms with Gasteiger partial charge in [-0.25, -0.2) is 4.39 Å². The second-order valence-corrected chi connectivity index (χ2v) is 6.80. The van der Waals surface area contributed by atoms with Crippen LogP contribution >= 0.6 is 12.4 Å². The van der Waals surface area contributed by atoms with Gasteiger partial charge in [-0.3, -0.25) is 4.79 Å². The van der Waals surface area contributed by atoms with Crippen molar-refractivity contribution in [3.05, 3.63) is 65.5 Å². The predicted molar refractivity (Wildman–Crippen MR) is 107 cm³/mol. The molecule has 1 aliphatic carbocycles. The average molecular weight is 393 g/mol. The van der Waals surface area contributed by atoms with Gasteiger partial charge in [-0.2, -0.15) is 0 Å². The van der Waals surface area contributed by atoms with Crippen molar-refractivity contribution in [2.75, 3.05) is 13.7 Å². The molecule has 3 N–H and O–H groups in total. The predicted octanol–water partition coefficient (Wildman–Crippen LogP) is 3.84. The third kappa shape index (κ3) is 4.99. The minimum atomic E-state index is -0.340. The number of amides is 1. The lowest BCUT2D eigenvalue weighted by Crippen LogP contribution is -2.37. The smallest absolute Gasteiger partial charge is 0.224 e.